The molecule has 0 saturated heterocycles. The predicted octanol–water partition coefficient (Wildman–Crippen LogP) is 3.21. The van der Waals surface area contributed by atoms with Gasteiger partial charge >= 0.3 is 5.97 Å². The molecule has 1 N–H and O–H groups in total. The molecule has 0 fully saturated rings. The molecule has 0 bridgehead atoms. The molecule has 0 saturated carbocycles. The van der Waals surface area contributed by atoms with Gasteiger partial charge in [-0.15, -0.1) is 0 Å². The zero-order valence-corrected chi connectivity index (χ0v) is 10.8. The van der Waals surface area contributed by atoms with Crippen molar-refractivity contribution in [3.05, 3.63) is 77.4 Å². The van der Waals surface area contributed by atoms with Crippen molar-refractivity contribution in [1.82, 2.24) is 0 Å². The molecule has 20 heavy (non-hydrogen) atoms. The predicted molar refractivity (Wildman–Crippen MR) is 77.6 cm³/mol. The molecular weight excluding hydrogens is 252 g/mol. The first-order valence-electron chi connectivity index (χ1n) is 6.23. The maximum absolute atomic E-state index is 12.1. The summed E-state index contributed by atoms with van der Waals surface area (Å²) in [4.78, 5) is 22.5. The number of carbonyl (C=O) groups is 2. The zero-order chi connectivity index (χ0) is 14.4. The van der Waals surface area contributed by atoms with E-state index in [9.17, 15) is 9.59 Å². The van der Waals surface area contributed by atoms with Crippen molar-refractivity contribution in [2.45, 2.75) is 6.42 Å². The Morgan fingerprint density at radius 2 is 1.60 bits per heavy atom. The minimum atomic E-state index is -0.991. The Kier molecular flexibility index (Phi) is 4.45. The monoisotopic (exact) mass is 266 g/mol. The highest BCUT2D eigenvalue weighted by atomic mass is 16.4. The number of ketones is 1. The van der Waals surface area contributed by atoms with Crippen LogP contribution < -0.4 is 0 Å². The van der Waals surface area contributed by atoms with Crippen LogP contribution in [0.5, 0.6) is 0 Å². The molecule has 0 atom stereocenters. The molecule has 2 rings (SSSR count). The lowest BCUT2D eigenvalue weighted by molar-refractivity contribution is -0.131. The van der Waals surface area contributed by atoms with Crippen LogP contribution in [0.1, 0.15) is 21.5 Å². The molecule has 0 unspecified atom stereocenters. The van der Waals surface area contributed by atoms with Crippen molar-refractivity contribution < 1.29 is 14.7 Å². The highest BCUT2D eigenvalue weighted by molar-refractivity contribution is 5.97. The first-order valence-corrected chi connectivity index (χ1v) is 6.23. The second kappa shape index (κ2) is 6.48. The summed E-state index contributed by atoms with van der Waals surface area (Å²) in [6.45, 7) is 0. The summed E-state index contributed by atoms with van der Waals surface area (Å²) in [5.74, 6) is -0.945. The van der Waals surface area contributed by atoms with Crippen molar-refractivity contribution >= 4 is 17.8 Å². The third kappa shape index (κ3) is 3.92. The number of Topliss-reactive ketones (excluding diaryl/α,β-unsaturated/α-hetero) is 1. The fourth-order valence-corrected chi connectivity index (χ4v) is 1.83. The Morgan fingerprint density at radius 1 is 0.950 bits per heavy atom. The Hall–Kier alpha value is -2.68. The van der Waals surface area contributed by atoms with Gasteiger partial charge in [0.15, 0.2) is 5.78 Å². The van der Waals surface area contributed by atoms with E-state index in [1.807, 2.05) is 30.3 Å². The topological polar surface area (TPSA) is 54.4 Å². The number of aliphatic carboxylic acids is 1. The molecule has 3 nitrogen and oxygen atoms in total. The SMILES string of the molecule is O=C(O)/C=C/c1ccc(C(=O)Cc2ccccc2)cc1. The Morgan fingerprint density at radius 3 is 2.20 bits per heavy atom. The summed E-state index contributed by atoms with van der Waals surface area (Å²) in [6.07, 6.45) is 2.93. The minimum Gasteiger partial charge on any atom is -0.478 e. The van der Waals surface area contributed by atoms with E-state index in [0.29, 0.717) is 12.0 Å². The molecule has 0 heterocycles. The minimum absolute atomic E-state index is 0.0463. The lowest BCUT2D eigenvalue weighted by atomic mass is 10.0. The average Bonchev–Trinajstić information content (AvgIpc) is 2.46. The summed E-state index contributed by atoms with van der Waals surface area (Å²) in [7, 11) is 0. The number of carbonyl (C=O) groups excluding carboxylic acids is 1. The Balaban J connectivity index is 2.06. The van der Waals surface area contributed by atoms with Crippen LogP contribution in [0.25, 0.3) is 6.08 Å². The fourth-order valence-electron chi connectivity index (χ4n) is 1.83. The van der Waals surface area contributed by atoms with Gasteiger partial charge in [-0.1, -0.05) is 54.6 Å². The summed E-state index contributed by atoms with van der Waals surface area (Å²) in [5, 5.41) is 8.54. The van der Waals surface area contributed by atoms with E-state index in [1.54, 1.807) is 24.3 Å². The van der Waals surface area contributed by atoms with Gasteiger partial charge in [-0.05, 0) is 17.2 Å². The van der Waals surface area contributed by atoms with Crippen molar-refractivity contribution in [3.63, 3.8) is 0 Å². The summed E-state index contributed by atoms with van der Waals surface area (Å²) < 4.78 is 0. The second-order valence-electron chi connectivity index (χ2n) is 4.38. The molecule has 0 aliphatic carbocycles. The van der Waals surface area contributed by atoms with Crippen molar-refractivity contribution in [3.8, 4) is 0 Å². The first kappa shape index (κ1) is 13.7. The van der Waals surface area contributed by atoms with Crippen LogP contribution in [0, 0.1) is 0 Å². The normalized spacial score (nSPS) is 10.6. The van der Waals surface area contributed by atoms with Crippen LogP contribution in [0.3, 0.4) is 0 Å². The maximum atomic E-state index is 12.1. The maximum Gasteiger partial charge on any atom is 0.328 e. The zero-order valence-electron chi connectivity index (χ0n) is 10.8. The van der Waals surface area contributed by atoms with Gasteiger partial charge in [0.05, 0.1) is 0 Å². The molecule has 2 aromatic carbocycles. The van der Waals surface area contributed by atoms with E-state index < -0.39 is 5.97 Å². The van der Waals surface area contributed by atoms with E-state index >= 15 is 0 Å². The molecule has 2 aromatic rings. The Bertz CT molecular complexity index is 625. The van der Waals surface area contributed by atoms with Gasteiger partial charge in [-0.2, -0.15) is 0 Å². The third-order valence-corrected chi connectivity index (χ3v) is 2.86. The fraction of sp³-hybridized carbons (Fsp3) is 0.0588. The van der Waals surface area contributed by atoms with Crippen LogP contribution >= 0.6 is 0 Å². The van der Waals surface area contributed by atoms with Gasteiger partial charge in [0.2, 0.25) is 0 Å². The summed E-state index contributed by atoms with van der Waals surface area (Å²) in [6, 6.07) is 16.5. The van der Waals surface area contributed by atoms with Gasteiger partial charge in [0, 0.05) is 18.1 Å². The molecule has 0 aliphatic heterocycles. The summed E-state index contributed by atoms with van der Waals surface area (Å²) in [5.41, 5.74) is 2.36. The number of hydrogen-bond donors (Lipinski definition) is 1. The van der Waals surface area contributed by atoms with Crippen LogP contribution in [0.4, 0.5) is 0 Å². The molecule has 0 amide bonds. The lowest BCUT2D eigenvalue weighted by Crippen LogP contribution is -2.03. The van der Waals surface area contributed by atoms with Crippen molar-refractivity contribution in [2.75, 3.05) is 0 Å². The Labute approximate surface area is 117 Å². The van der Waals surface area contributed by atoms with Crippen LogP contribution in [0.2, 0.25) is 0 Å². The molecular formula is C17H14O3. The van der Waals surface area contributed by atoms with Gasteiger partial charge < -0.3 is 5.11 Å². The molecule has 3 heteroatoms. The van der Waals surface area contributed by atoms with E-state index in [-0.39, 0.29) is 5.78 Å². The number of carboxylic acid groups (broad SMARTS) is 1. The smallest absolute Gasteiger partial charge is 0.328 e. The second-order valence-corrected chi connectivity index (χ2v) is 4.38. The standard InChI is InChI=1S/C17H14O3/c18-16(12-14-4-2-1-3-5-14)15-9-6-13(7-10-15)8-11-17(19)20/h1-11H,12H2,(H,19,20)/b11-8+. The number of rotatable bonds is 5. The molecule has 0 spiro atoms. The van der Waals surface area contributed by atoms with Crippen LogP contribution in [0.15, 0.2) is 60.7 Å². The highest BCUT2D eigenvalue weighted by Gasteiger charge is 2.06. The average molecular weight is 266 g/mol. The largest absolute Gasteiger partial charge is 0.478 e. The quantitative estimate of drug-likeness (QED) is 0.668. The van der Waals surface area contributed by atoms with E-state index in [0.717, 1.165) is 17.2 Å². The molecule has 0 aliphatic rings. The number of carboxylic acids is 1. The van der Waals surface area contributed by atoms with Crippen LogP contribution in [-0.4, -0.2) is 16.9 Å². The first-order chi connectivity index (χ1) is 9.65. The number of hydrogen-bond acceptors (Lipinski definition) is 2. The molecule has 0 aromatic heterocycles. The van der Waals surface area contributed by atoms with E-state index in [1.165, 1.54) is 6.08 Å². The third-order valence-electron chi connectivity index (χ3n) is 2.86. The number of benzene rings is 2. The lowest BCUT2D eigenvalue weighted by Gasteiger charge is -2.02. The van der Waals surface area contributed by atoms with E-state index in [2.05, 4.69) is 0 Å². The van der Waals surface area contributed by atoms with E-state index in [4.69, 9.17) is 5.11 Å². The van der Waals surface area contributed by atoms with Crippen molar-refractivity contribution in [2.24, 2.45) is 0 Å². The van der Waals surface area contributed by atoms with Gasteiger partial charge in [-0.3, -0.25) is 4.79 Å². The molecule has 0 radical (unpaired) electrons. The van der Waals surface area contributed by atoms with Gasteiger partial charge in [0.1, 0.15) is 0 Å². The van der Waals surface area contributed by atoms with Gasteiger partial charge in [-0.25, -0.2) is 4.79 Å². The summed E-state index contributed by atoms with van der Waals surface area (Å²) >= 11 is 0. The van der Waals surface area contributed by atoms with Crippen molar-refractivity contribution in [1.29, 1.82) is 0 Å². The molecule has 100 valence electrons. The van der Waals surface area contributed by atoms with Gasteiger partial charge in [0.25, 0.3) is 0 Å². The highest BCUT2D eigenvalue weighted by Crippen LogP contribution is 2.10. The van der Waals surface area contributed by atoms with Crippen LogP contribution in [-0.2, 0) is 11.2 Å².